The lowest BCUT2D eigenvalue weighted by Crippen LogP contribution is -2.51. The Morgan fingerprint density at radius 1 is 1.10 bits per heavy atom. The van der Waals surface area contributed by atoms with Gasteiger partial charge in [0.15, 0.2) is 0 Å². The van der Waals surface area contributed by atoms with Gasteiger partial charge >= 0.3 is 6.03 Å². The van der Waals surface area contributed by atoms with Gasteiger partial charge in [-0.2, -0.15) is 0 Å². The van der Waals surface area contributed by atoms with Gasteiger partial charge in [0.25, 0.3) is 0 Å². The second kappa shape index (κ2) is 9.73. The van der Waals surface area contributed by atoms with E-state index in [4.69, 9.17) is 9.47 Å². The lowest BCUT2D eigenvalue weighted by atomic mass is 9.74. The van der Waals surface area contributed by atoms with Gasteiger partial charge in [0.2, 0.25) is 0 Å². The van der Waals surface area contributed by atoms with Crippen LogP contribution in [0, 0.1) is 13.8 Å². The van der Waals surface area contributed by atoms with Crippen molar-refractivity contribution in [1.29, 1.82) is 0 Å². The number of aryl methyl sites for hydroxylation is 2. The molecule has 2 heterocycles. The zero-order valence-electron chi connectivity index (χ0n) is 18.7. The first kappa shape index (κ1) is 21.7. The van der Waals surface area contributed by atoms with Crippen LogP contribution in [0.4, 0.5) is 4.79 Å². The summed E-state index contributed by atoms with van der Waals surface area (Å²) in [6, 6.07) is 16.9. The molecule has 4 rings (SSSR count). The number of carbonyl (C=O) groups excluding carboxylic acids is 1. The Bertz CT molecular complexity index is 869. The standard InChI is InChI=1S/C26H34N2O3/c1-20-8-9-21(2)24(18-20)31-23-10-14-28(15-11-23)25(29)27-19-26(12-16-30-17-13-26)22-6-4-3-5-7-22/h3-9,18,23H,10-17,19H2,1-2H3,(H,27,29). The molecule has 0 atom stereocenters. The zero-order chi connectivity index (χ0) is 21.7. The van der Waals surface area contributed by atoms with Gasteiger partial charge in [-0.1, -0.05) is 42.5 Å². The van der Waals surface area contributed by atoms with E-state index in [1.54, 1.807) is 0 Å². The highest BCUT2D eigenvalue weighted by molar-refractivity contribution is 5.74. The van der Waals surface area contributed by atoms with Gasteiger partial charge in [0, 0.05) is 51.1 Å². The summed E-state index contributed by atoms with van der Waals surface area (Å²) in [5, 5.41) is 3.23. The van der Waals surface area contributed by atoms with Crippen molar-refractivity contribution in [3.8, 4) is 5.75 Å². The zero-order valence-corrected chi connectivity index (χ0v) is 18.7. The van der Waals surface area contributed by atoms with E-state index in [-0.39, 0.29) is 17.6 Å². The Kier molecular flexibility index (Phi) is 6.81. The molecule has 2 fully saturated rings. The number of amides is 2. The fraction of sp³-hybridized carbons (Fsp3) is 0.500. The van der Waals surface area contributed by atoms with Gasteiger partial charge in [-0.25, -0.2) is 4.79 Å². The van der Waals surface area contributed by atoms with Crippen molar-refractivity contribution in [1.82, 2.24) is 10.2 Å². The maximum Gasteiger partial charge on any atom is 0.317 e. The SMILES string of the molecule is Cc1ccc(C)c(OC2CCN(C(=O)NCC3(c4ccccc4)CCOCC3)CC2)c1. The minimum atomic E-state index is -0.0424. The molecule has 0 saturated carbocycles. The maximum atomic E-state index is 12.9. The minimum Gasteiger partial charge on any atom is -0.490 e. The molecule has 5 nitrogen and oxygen atoms in total. The molecule has 2 aromatic rings. The summed E-state index contributed by atoms with van der Waals surface area (Å²) >= 11 is 0. The number of benzene rings is 2. The van der Waals surface area contributed by atoms with Crippen LogP contribution >= 0.6 is 0 Å². The van der Waals surface area contributed by atoms with E-state index >= 15 is 0 Å². The van der Waals surface area contributed by atoms with Crippen LogP contribution in [0.15, 0.2) is 48.5 Å². The fourth-order valence-electron chi connectivity index (χ4n) is 4.67. The normalized spacial score (nSPS) is 19.1. The van der Waals surface area contributed by atoms with E-state index in [2.05, 4.69) is 61.6 Å². The highest BCUT2D eigenvalue weighted by Gasteiger charge is 2.35. The van der Waals surface area contributed by atoms with E-state index in [0.29, 0.717) is 6.54 Å². The molecule has 0 radical (unpaired) electrons. The topological polar surface area (TPSA) is 50.8 Å². The summed E-state index contributed by atoms with van der Waals surface area (Å²) in [6.07, 6.45) is 3.75. The van der Waals surface area contributed by atoms with Crippen molar-refractivity contribution in [2.75, 3.05) is 32.8 Å². The van der Waals surface area contributed by atoms with Gasteiger partial charge in [-0.05, 0) is 49.4 Å². The fourth-order valence-corrected chi connectivity index (χ4v) is 4.67. The summed E-state index contributed by atoms with van der Waals surface area (Å²) in [7, 11) is 0. The molecule has 0 aliphatic carbocycles. The second-order valence-electron chi connectivity index (χ2n) is 8.99. The van der Waals surface area contributed by atoms with Gasteiger partial charge in [-0.15, -0.1) is 0 Å². The van der Waals surface area contributed by atoms with Gasteiger partial charge in [0.1, 0.15) is 11.9 Å². The maximum absolute atomic E-state index is 12.9. The van der Waals surface area contributed by atoms with Crippen molar-refractivity contribution >= 4 is 6.03 Å². The van der Waals surface area contributed by atoms with Crippen molar-refractivity contribution in [3.63, 3.8) is 0 Å². The molecular weight excluding hydrogens is 388 g/mol. The lowest BCUT2D eigenvalue weighted by molar-refractivity contribution is 0.0495. The number of ether oxygens (including phenoxy) is 2. The van der Waals surface area contributed by atoms with Crippen LogP contribution in [-0.4, -0.2) is 49.9 Å². The molecule has 2 aromatic carbocycles. The summed E-state index contributed by atoms with van der Waals surface area (Å²) < 4.78 is 11.9. The predicted octanol–water partition coefficient (Wildman–Crippen LogP) is 4.60. The first-order valence-corrected chi connectivity index (χ1v) is 11.5. The number of urea groups is 1. The molecule has 166 valence electrons. The number of hydrogen-bond acceptors (Lipinski definition) is 3. The number of piperidine rings is 1. The Morgan fingerprint density at radius 3 is 2.52 bits per heavy atom. The summed E-state index contributed by atoms with van der Waals surface area (Å²) in [4.78, 5) is 14.9. The smallest absolute Gasteiger partial charge is 0.317 e. The highest BCUT2D eigenvalue weighted by Crippen LogP contribution is 2.34. The average molecular weight is 423 g/mol. The molecule has 1 N–H and O–H groups in total. The molecule has 0 spiro atoms. The van der Waals surface area contributed by atoms with E-state index < -0.39 is 0 Å². The first-order chi connectivity index (χ1) is 15.1. The molecule has 2 saturated heterocycles. The average Bonchev–Trinajstić information content (AvgIpc) is 2.81. The number of nitrogens with one attached hydrogen (secondary N) is 1. The molecular formula is C26H34N2O3. The van der Waals surface area contributed by atoms with E-state index in [0.717, 1.165) is 63.3 Å². The summed E-state index contributed by atoms with van der Waals surface area (Å²) in [6.45, 7) is 7.75. The van der Waals surface area contributed by atoms with Crippen LogP contribution in [0.3, 0.4) is 0 Å². The monoisotopic (exact) mass is 422 g/mol. The van der Waals surface area contributed by atoms with Crippen molar-refractivity contribution in [3.05, 3.63) is 65.2 Å². The molecule has 0 unspecified atom stereocenters. The van der Waals surface area contributed by atoms with Crippen LogP contribution in [0.5, 0.6) is 5.75 Å². The molecule has 0 aromatic heterocycles. The van der Waals surface area contributed by atoms with E-state index in [1.807, 2.05) is 11.0 Å². The number of hydrogen-bond donors (Lipinski definition) is 1. The van der Waals surface area contributed by atoms with E-state index in [1.165, 1.54) is 11.1 Å². The molecule has 2 amide bonds. The van der Waals surface area contributed by atoms with Gasteiger partial charge in [-0.3, -0.25) is 0 Å². The number of rotatable bonds is 5. The van der Waals surface area contributed by atoms with Crippen LogP contribution in [-0.2, 0) is 10.2 Å². The summed E-state index contributed by atoms with van der Waals surface area (Å²) in [5.41, 5.74) is 3.62. The molecule has 0 bridgehead atoms. The Morgan fingerprint density at radius 2 is 1.81 bits per heavy atom. The largest absolute Gasteiger partial charge is 0.490 e. The Labute approximate surface area is 185 Å². The van der Waals surface area contributed by atoms with E-state index in [9.17, 15) is 4.79 Å². The third-order valence-electron chi connectivity index (χ3n) is 6.78. The van der Waals surface area contributed by atoms with Gasteiger partial charge in [0.05, 0.1) is 0 Å². The van der Waals surface area contributed by atoms with Crippen molar-refractivity contribution in [2.45, 2.75) is 51.0 Å². The summed E-state index contributed by atoms with van der Waals surface area (Å²) in [5.74, 6) is 0.965. The third kappa shape index (κ3) is 5.21. The minimum absolute atomic E-state index is 0.0342. The van der Waals surface area contributed by atoms with Gasteiger partial charge < -0.3 is 19.7 Å². The van der Waals surface area contributed by atoms with Crippen LogP contribution in [0.2, 0.25) is 0 Å². The second-order valence-corrected chi connectivity index (χ2v) is 8.99. The first-order valence-electron chi connectivity index (χ1n) is 11.5. The molecule has 31 heavy (non-hydrogen) atoms. The van der Waals surface area contributed by atoms with Crippen molar-refractivity contribution < 1.29 is 14.3 Å². The van der Waals surface area contributed by atoms with Crippen LogP contribution in [0.25, 0.3) is 0 Å². The lowest BCUT2D eigenvalue weighted by Gasteiger charge is -2.39. The molecule has 5 heteroatoms. The quantitative estimate of drug-likeness (QED) is 0.766. The Hall–Kier alpha value is -2.53. The number of likely N-dealkylation sites (tertiary alicyclic amines) is 1. The third-order valence-corrected chi connectivity index (χ3v) is 6.78. The van der Waals surface area contributed by atoms with Crippen molar-refractivity contribution in [2.24, 2.45) is 0 Å². The van der Waals surface area contributed by atoms with Crippen LogP contribution < -0.4 is 10.1 Å². The molecule has 2 aliphatic rings. The Balaban J connectivity index is 1.31. The number of nitrogens with zero attached hydrogens (tertiary/aromatic N) is 1. The predicted molar refractivity (Wildman–Crippen MR) is 123 cm³/mol. The molecule has 2 aliphatic heterocycles. The van der Waals surface area contributed by atoms with Crippen LogP contribution in [0.1, 0.15) is 42.4 Å². The number of carbonyl (C=O) groups is 1. The highest BCUT2D eigenvalue weighted by atomic mass is 16.5.